The molecule has 94 valence electrons. The minimum atomic E-state index is -0.392. The summed E-state index contributed by atoms with van der Waals surface area (Å²) in [6.45, 7) is 0. The number of nitrogens with zero attached hydrogens (tertiary/aromatic N) is 1. The minimum absolute atomic E-state index is 0.137. The highest BCUT2D eigenvalue weighted by Gasteiger charge is 2.11. The molecule has 0 amide bonds. The number of ether oxygens (including phenoxy) is 1. The Kier molecular flexibility index (Phi) is 4.77. The number of hydrogen-bond acceptors (Lipinski definition) is 4. The molecule has 3 nitrogen and oxygen atoms in total. The second-order valence-corrected chi connectivity index (χ2v) is 6.42. The van der Waals surface area contributed by atoms with Gasteiger partial charge in [-0.15, -0.1) is 11.3 Å². The maximum absolute atomic E-state index is 11.7. The molecule has 0 radical (unpaired) electrons. The maximum Gasteiger partial charge on any atom is 0.317 e. The van der Waals surface area contributed by atoms with E-state index in [0.717, 1.165) is 10.0 Å². The fraction of sp³-hybridized carbons (Fsp3) is 0.0909. The molecule has 2 heterocycles. The first-order valence-electron chi connectivity index (χ1n) is 4.81. The van der Waals surface area contributed by atoms with E-state index in [-0.39, 0.29) is 12.3 Å². The number of pyridine rings is 1. The van der Waals surface area contributed by atoms with Crippen molar-refractivity contribution in [1.29, 1.82) is 0 Å². The van der Waals surface area contributed by atoms with E-state index in [0.29, 0.717) is 8.94 Å². The predicted molar refractivity (Wildman–Crippen MR) is 78.3 cm³/mol. The lowest BCUT2D eigenvalue weighted by atomic mass is 10.2. The van der Waals surface area contributed by atoms with E-state index in [1.807, 2.05) is 5.38 Å². The SMILES string of the molecule is O=C(Cc1ccsc1Cl)Oc1ccc(Br)c(Br)n1. The molecular weight excluding hydrogens is 405 g/mol. The molecule has 0 N–H and O–H groups in total. The monoisotopic (exact) mass is 409 g/mol. The van der Waals surface area contributed by atoms with E-state index in [4.69, 9.17) is 16.3 Å². The molecule has 0 atom stereocenters. The highest BCUT2D eigenvalue weighted by atomic mass is 79.9. The normalized spacial score (nSPS) is 10.4. The van der Waals surface area contributed by atoms with Crippen LogP contribution < -0.4 is 4.74 Å². The molecule has 0 aliphatic carbocycles. The summed E-state index contributed by atoms with van der Waals surface area (Å²) in [7, 11) is 0. The van der Waals surface area contributed by atoms with Gasteiger partial charge in [0.2, 0.25) is 5.88 Å². The second kappa shape index (κ2) is 6.14. The van der Waals surface area contributed by atoms with Crippen molar-refractivity contribution in [2.45, 2.75) is 6.42 Å². The second-order valence-electron chi connectivity index (χ2n) is 3.29. The lowest BCUT2D eigenvalue weighted by Crippen LogP contribution is -2.11. The summed E-state index contributed by atoms with van der Waals surface area (Å²) >= 11 is 13.8. The van der Waals surface area contributed by atoms with Crippen LogP contribution >= 0.6 is 54.8 Å². The zero-order valence-electron chi connectivity index (χ0n) is 8.82. The average molecular weight is 412 g/mol. The molecule has 2 aromatic heterocycles. The minimum Gasteiger partial charge on any atom is -0.407 e. The summed E-state index contributed by atoms with van der Waals surface area (Å²) in [6, 6.07) is 5.17. The van der Waals surface area contributed by atoms with Gasteiger partial charge in [-0.3, -0.25) is 4.79 Å². The van der Waals surface area contributed by atoms with E-state index in [1.54, 1.807) is 18.2 Å². The van der Waals surface area contributed by atoms with E-state index in [9.17, 15) is 4.79 Å². The number of aromatic nitrogens is 1. The van der Waals surface area contributed by atoms with Crippen molar-refractivity contribution in [2.75, 3.05) is 0 Å². The Morgan fingerprint density at radius 1 is 1.39 bits per heavy atom. The van der Waals surface area contributed by atoms with E-state index < -0.39 is 5.97 Å². The Labute approximate surface area is 129 Å². The van der Waals surface area contributed by atoms with Crippen LogP contribution in [0, 0.1) is 0 Å². The zero-order chi connectivity index (χ0) is 13.1. The number of carbonyl (C=O) groups is 1. The van der Waals surface area contributed by atoms with Gasteiger partial charge in [0, 0.05) is 6.07 Å². The summed E-state index contributed by atoms with van der Waals surface area (Å²) in [5.41, 5.74) is 0.767. The van der Waals surface area contributed by atoms with E-state index >= 15 is 0 Å². The molecule has 0 aromatic carbocycles. The van der Waals surface area contributed by atoms with Crippen LogP contribution in [0.2, 0.25) is 4.34 Å². The predicted octanol–water partition coefficient (Wildman–Crippen LogP) is 4.47. The van der Waals surface area contributed by atoms with Gasteiger partial charge in [-0.2, -0.15) is 0 Å². The van der Waals surface area contributed by atoms with Gasteiger partial charge in [-0.05, 0) is 54.9 Å². The molecule has 0 aliphatic heterocycles. The van der Waals surface area contributed by atoms with Crippen molar-refractivity contribution in [3.05, 3.63) is 42.6 Å². The molecule has 0 spiro atoms. The smallest absolute Gasteiger partial charge is 0.317 e. The van der Waals surface area contributed by atoms with Crippen LogP contribution in [-0.2, 0) is 11.2 Å². The van der Waals surface area contributed by atoms with Crippen LogP contribution in [0.5, 0.6) is 5.88 Å². The number of rotatable bonds is 3. The molecule has 18 heavy (non-hydrogen) atoms. The highest BCUT2D eigenvalue weighted by Crippen LogP contribution is 2.25. The number of thiophene rings is 1. The molecule has 0 bridgehead atoms. The largest absolute Gasteiger partial charge is 0.407 e. The van der Waals surface area contributed by atoms with Crippen LogP contribution in [0.25, 0.3) is 0 Å². The van der Waals surface area contributed by atoms with Crippen LogP contribution in [0.15, 0.2) is 32.7 Å². The van der Waals surface area contributed by atoms with Crippen molar-refractivity contribution in [1.82, 2.24) is 4.98 Å². The number of halogens is 3. The van der Waals surface area contributed by atoms with Crippen LogP contribution in [-0.4, -0.2) is 11.0 Å². The molecule has 7 heteroatoms. The fourth-order valence-electron chi connectivity index (χ4n) is 1.21. The fourth-order valence-corrected chi connectivity index (χ4v) is 2.67. The summed E-state index contributed by atoms with van der Waals surface area (Å²) in [6.07, 6.45) is 0.137. The summed E-state index contributed by atoms with van der Waals surface area (Å²) < 4.78 is 7.11. The third-order valence-electron chi connectivity index (χ3n) is 2.02. The Balaban J connectivity index is 2.03. The first-order valence-corrected chi connectivity index (χ1v) is 7.65. The molecule has 0 saturated carbocycles. The number of carbonyl (C=O) groups excluding carboxylic acids is 1. The van der Waals surface area contributed by atoms with Crippen molar-refractivity contribution >= 4 is 60.8 Å². The molecule has 2 rings (SSSR count). The Bertz CT molecular complexity index is 588. The molecule has 0 saturated heterocycles. The zero-order valence-corrected chi connectivity index (χ0v) is 13.6. The van der Waals surface area contributed by atoms with Gasteiger partial charge < -0.3 is 4.74 Å². The van der Waals surface area contributed by atoms with Crippen molar-refractivity contribution in [3.8, 4) is 5.88 Å². The van der Waals surface area contributed by atoms with Crippen molar-refractivity contribution in [2.24, 2.45) is 0 Å². The highest BCUT2D eigenvalue weighted by molar-refractivity contribution is 9.13. The summed E-state index contributed by atoms with van der Waals surface area (Å²) in [4.78, 5) is 15.7. The van der Waals surface area contributed by atoms with Crippen LogP contribution in [0.4, 0.5) is 0 Å². The molecule has 0 aliphatic rings. The van der Waals surface area contributed by atoms with Crippen LogP contribution in [0.1, 0.15) is 5.56 Å². The van der Waals surface area contributed by atoms with E-state index in [2.05, 4.69) is 36.8 Å². The van der Waals surface area contributed by atoms with Gasteiger partial charge in [-0.25, -0.2) is 4.98 Å². The third kappa shape index (κ3) is 3.54. The maximum atomic E-state index is 11.7. The van der Waals surface area contributed by atoms with E-state index in [1.165, 1.54) is 11.3 Å². The Morgan fingerprint density at radius 3 is 2.78 bits per heavy atom. The Morgan fingerprint density at radius 2 is 2.17 bits per heavy atom. The standard InChI is InChI=1S/C11H6Br2ClNO2S/c12-7-1-2-8(15-10(7)13)17-9(16)5-6-3-4-18-11(6)14/h1-4H,5H2. The van der Waals surface area contributed by atoms with Gasteiger partial charge >= 0.3 is 5.97 Å². The molecule has 0 unspecified atom stereocenters. The Hall–Kier alpha value is -0.430. The quantitative estimate of drug-likeness (QED) is 0.553. The van der Waals surface area contributed by atoms with Gasteiger partial charge in [0.1, 0.15) is 4.60 Å². The van der Waals surface area contributed by atoms with Gasteiger partial charge in [0.15, 0.2) is 0 Å². The molecular formula is C11H6Br2ClNO2S. The molecule has 0 fully saturated rings. The van der Waals surface area contributed by atoms with Crippen LogP contribution in [0.3, 0.4) is 0 Å². The topological polar surface area (TPSA) is 39.2 Å². The van der Waals surface area contributed by atoms with Crippen molar-refractivity contribution in [3.63, 3.8) is 0 Å². The average Bonchev–Trinajstić information content (AvgIpc) is 2.70. The van der Waals surface area contributed by atoms with Crippen molar-refractivity contribution < 1.29 is 9.53 Å². The summed E-state index contributed by atoms with van der Waals surface area (Å²) in [5.74, 6) is -0.140. The first kappa shape index (κ1) is 14.0. The van der Waals surface area contributed by atoms with Gasteiger partial charge in [-0.1, -0.05) is 11.6 Å². The van der Waals surface area contributed by atoms with Gasteiger partial charge in [0.25, 0.3) is 0 Å². The third-order valence-corrected chi connectivity index (χ3v) is 5.05. The number of esters is 1. The number of hydrogen-bond donors (Lipinski definition) is 0. The molecule has 2 aromatic rings. The first-order chi connectivity index (χ1) is 8.56. The van der Waals surface area contributed by atoms with Gasteiger partial charge in [0.05, 0.1) is 15.2 Å². The lowest BCUT2D eigenvalue weighted by molar-refractivity contribution is -0.133. The lowest BCUT2D eigenvalue weighted by Gasteiger charge is -2.04. The summed E-state index contributed by atoms with van der Waals surface area (Å²) in [5, 5.41) is 1.83.